The molecule has 0 bridgehead atoms. The summed E-state index contributed by atoms with van der Waals surface area (Å²) in [6, 6.07) is 0. The molecule has 12 heavy (non-hydrogen) atoms. The topological polar surface area (TPSA) is 55.1 Å². The lowest BCUT2D eigenvalue weighted by molar-refractivity contribution is -0.136. The van der Waals surface area contributed by atoms with Gasteiger partial charge in [0.05, 0.1) is 12.1 Å². The number of aromatic nitrogens is 2. The zero-order chi connectivity index (χ0) is 9.30. The van der Waals surface area contributed by atoms with Crippen LogP contribution in [-0.4, -0.2) is 20.9 Å². The van der Waals surface area contributed by atoms with Crippen LogP contribution in [0, 0.1) is 6.92 Å². The molecular formula is C7H9ClN2O2. The number of nitrogens with zero attached hydrogens (tertiary/aromatic N) is 2. The Morgan fingerprint density at radius 2 is 2.33 bits per heavy atom. The van der Waals surface area contributed by atoms with Crippen molar-refractivity contribution < 1.29 is 9.90 Å². The van der Waals surface area contributed by atoms with Gasteiger partial charge >= 0.3 is 5.97 Å². The van der Waals surface area contributed by atoms with E-state index in [0.29, 0.717) is 16.4 Å². The van der Waals surface area contributed by atoms with Crippen LogP contribution in [-0.2, 0) is 18.3 Å². The van der Waals surface area contributed by atoms with Gasteiger partial charge in [-0.2, -0.15) is 5.10 Å². The van der Waals surface area contributed by atoms with E-state index in [1.807, 2.05) is 0 Å². The van der Waals surface area contributed by atoms with Crippen LogP contribution in [0.2, 0.25) is 5.15 Å². The second-order valence-electron chi connectivity index (χ2n) is 2.55. The molecule has 0 aromatic carbocycles. The summed E-state index contributed by atoms with van der Waals surface area (Å²) in [6.07, 6.45) is -0.0709. The van der Waals surface area contributed by atoms with Gasteiger partial charge in [-0.05, 0) is 6.92 Å². The van der Waals surface area contributed by atoms with E-state index in [-0.39, 0.29) is 6.42 Å². The molecule has 0 amide bonds. The van der Waals surface area contributed by atoms with Crippen molar-refractivity contribution in [3.05, 3.63) is 16.4 Å². The van der Waals surface area contributed by atoms with E-state index in [1.165, 1.54) is 4.68 Å². The van der Waals surface area contributed by atoms with Crippen LogP contribution in [0.5, 0.6) is 0 Å². The molecule has 0 radical (unpaired) electrons. The van der Waals surface area contributed by atoms with Crippen LogP contribution in [0.15, 0.2) is 0 Å². The third kappa shape index (κ3) is 1.58. The summed E-state index contributed by atoms with van der Waals surface area (Å²) >= 11 is 5.80. The fourth-order valence-corrected chi connectivity index (χ4v) is 1.27. The molecule has 0 spiro atoms. The molecule has 0 saturated heterocycles. The summed E-state index contributed by atoms with van der Waals surface area (Å²) in [5.74, 6) is -0.895. The average molecular weight is 189 g/mol. The first-order chi connectivity index (χ1) is 5.52. The Hall–Kier alpha value is -1.03. The van der Waals surface area contributed by atoms with E-state index in [0.717, 1.165) is 0 Å². The molecule has 0 unspecified atom stereocenters. The van der Waals surface area contributed by atoms with Crippen molar-refractivity contribution in [2.45, 2.75) is 13.3 Å². The Morgan fingerprint density at radius 3 is 2.67 bits per heavy atom. The molecule has 66 valence electrons. The fourth-order valence-electron chi connectivity index (χ4n) is 1.03. The Bertz CT molecular complexity index is 319. The number of carboxylic acid groups (broad SMARTS) is 1. The van der Waals surface area contributed by atoms with E-state index in [4.69, 9.17) is 16.7 Å². The highest BCUT2D eigenvalue weighted by molar-refractivity contribution is 6.30. The molecule has 1 aromatic rings. The predicted octanol–water partition coefficient (Wildman–Crippen LogP) is 1.01. The molecule has 0 aliphatic heterocycles. The first-order valence-corrected chi connectivity index (χ1v) is 3.80. The molecule has 0 atom stereocenters. The van der Waals surface area contributed by atoms with Gasteiger partial charge in [-0.3, -0.25) is 9.48 Å². The second kappa shape index (κ2) is 3.15. The molecule has 1 N–H and O–H groups in total. The van der Waals surface area contributed by atoms with Gasteiger partial charge < -0.3 is 5.11 Å². The summed E-state index contributed by atoms with van der Waals surface area (Å²) in [5.41, 5.74) is 1.26. The number of hydrogen-bond donors (Lipinski definition) is 1. The third-order valence-corrected chi connectivity index (χ3v) is 2.07. The Balaban J connectivity index is 3.05. The van der Waals surface area contributed by atoms with Gasteiger partial charge in [0, 0.05) is 12.6 Å². The maximum atomic E-state index is 10.4. The van der Waals surface area contributed by atoms with Crippen LogP contribution in [0.25, 0.3) is 0 Å². The summed E-state index contributed by atoms with van der Waals surface area (Å²) in [5, 5.41) is 12.9. The van der Waals surface area contributed by atoms with E-state index in [9.17, 15) is 4.79 Å². The number of halogens is 1. The summed E-state index contributed by atoms with van der Waals surface area (Å²) < 4.78 is 1.47. The normalized spacial score (nSPS) is 10.2. The van der Waals surface area contributed by atoms with Gasteiger partial charge in [0.25, 0.3) is 0 Å². The highest BCUT2D eigenvalue weighted by Crippen LogP contribution is 2.18. The van der Waals surface area contributed by atoms with E-state index >= 15 is 0 Å². The smallest absolute Gasteiger partial charge is 0.308 e. The van der Waals surface area contributed by atoms with Crippen molar-refractivity contribution in [1.82, 2.24) is 9.78 Å². The number of rotatable bonds is 2. The average Bonchev–Trinajstić information content (AvgIpc) is 2.16. The van der Waals surface area contributed by atoms with Crippen LogP contribution in [0.1, 0.15) is 11.3 Å². The van der Waals surface area contributed by atoms with Gasteiger partial charge in [-0.25, -0.2) is 0 Å². The summed E-state index contributed by atoms with van der Waals surface area (Å²) in [7, 11) is 1.68. The van der Waals surface area contributed by atoms with Crippen molar-refractivity contribution in [1.29, 1.82) is 0 Å². The zero-order valence-electron chi connectivity index (χ0n) is 6.83. The van der Waals surface area contributed by atoms with E-state index < -0.39 is 5.97 Å². The predicted molar refractivity (Wildman–Crippen MR) is 44.3 cm³/mol. The van der Waals surface area contributed by atoms with Gasteiger partial charge in [0.15, 0.2) is 0 Å². The lowest BCUT2D eigenvalue weighted by Crippen LogP contribution is -2.01. The minimum Gasteiger partial charge on any atom is -0.481 e. The molecule has 1 heterocycles. The molecular weight excluding hydrogens is 180 g/mol. The quantitative estimate of drug-likeness (QED) is 0.754. The SMILES string of the molecule is Cc1nn(C)c(Cl)c1CC(=O)O. The number of carbonyl (C=O) groups is 1. The fraction of sp³-hybridized carbons (Fsp3) is 0.429. The molecule has 0 aliphatic carbocycles. The third-order valence-electron chi connectivity index (χ3n) is 1.60. The lowest BCUT2D eigenvalue weighted by atomic mass is 10.2. The van der Waals surface area contributed by atoms with Crippen LogP contribution >= 0.6 is 11.6 Å². The van der Waals surface area contributed by atoms with Crippen molar-refractivity contribution in [2.75, 3.05) is 0 Å². The molecule has 5 heteroatoms. The van der Waals surface area contributed by atoms with E-state index in [1.54, 1.807) is 14.0 Å². The highest BCUT2D eigenvalue weighted by atomic mass is 35.5. The largest absolute Gasteiger partial charge is 0.481 e. The van der Waals surface area contributed by atoms with Crippen LogP contribution in [0.4, 0.5) is 0 Å². The standard InChI is InChI=1S/C7H9ClN2O2/c1-4-5(3-6(11)12)7(8)10(2)9-4/h3H2,1-2H3,(H,11,12). The van der Waals surface area contributed by atoms with Crippen molar-refractivity contribution in [2.24, 2.45) is 7.05 Å². The molecule has 1 aromatic heterocycles. The monoisotopic (exact) mass is 188 g/mol. The molecule has 1 rings (SSSR count). The van der Waals surface area contributed by atoms with E-state index in [2.05, 4.69) is 5.10 Å². The number of aliphatic carboxylic acids is 1. The Morgan fingerprint density at radius 1 is 1.75 bits per heavy atom. The first-order valence-electron chi connectivity index (χ1n) is 3.42. The Labute approximate surface area is 74.8 Å². The minimum absolute atomic E-state index is 0.0709. The van der Waals surface area contributed by atoms with Gasteiger partial charge in [-0.15, -0.1) is 0 Å². The number of aryl methyl sites for hydroxylation is 2. The molecule has 0 saturated carbocycles. The molecule has 0 aliphatic rings. The van der Waals surface area contributed by atoms with Gasteiger partial charge in [0.2, 0.25) is 0 Å². The maximum Gasteiger partial charge on any atom is 0.308 e. The van der Waals surface area contributed by atoms with Crippen LogP contribution in [0.3, 0.4) is 0 Å². The summed E-state index contributed by atoms with van der Waals surface area (Å²) in [4.78, 5) is 10.4. The summed E-state index contributed by atoms with van der Waals surface area (Å²) in [6.45, 7) is 1.74. The zero-order valence-corrected chi connectivity index (χ0v) is 7.59. The molecule has 0 fully saturated rings. The minimum atomic E-state index is -0.895. The molecule has 4 nitrogen and oxygen atoms in total. The highest BCUT2D eigenvalue weighted by Gasteiger charge is 2.13. The van der Waals surface area contributed by atoms with Crippen molar-refractivity contribution in [3.8, 4) is 0 Å². The van der Waals surface area contributed by atoms with Gasteiger partial charge in [-0.1, -0.05) is 11.6 Å². The van der Waals surface area contributed by atoms with Crippen molar-refractivity contribution >= 4 is 17.6 Å². The number of carboxylic acids is 1. The Kier molecular flexibility index (Phi) is 2.38. The maximum absolute atomic E-state index is 10.4. The lowest BCUT2D eigenvalue weighted by Gasteiger charge is -1.94. The second-order valence-corrected chi connectivity index (χ2v) is 2.91. The van der Waals surface area contributed by atoms with Crippen LogP contribution < -0.4 is 0 Å². The van der Waals surface area contributed by atoms with Crippen molar-refractivity contribution in [3.63, 3.8) is 0 Å². The number of hydrogen-bond acceptors (Lipinski definition) is 2. The van der Waals surface area contributed by atoms with Gasteiger partial charge in [0.1, 0.15) is 5.15 Å². The first kappa shape index (κ1) is 9.06.